The Morgan fingerprint density at radius 2 is 1.50 bits per heavy atom. The zero-order valence-corrected chi connectivity index (χ0v) is 23.4. The number of urea groups is 1. The molecule has 2 saturated heterocycles. The van der Waals surface area contributed by atoms with E-state index in [1.54, 1.807) is 23.5 Å². The van der Waals surface area contributed by atoms with Crippen LogP contribution in [-0.2, 0) is 9.47 Å². The number of benzene rings is 2. The van der Waals surface area contributed by atoms with Gasteiger partial charge in [0, 0.05) is 64.6 Å². The zero-order valence-electron chi connectivity index (χ0n) is 21.8. The van der Waals surface area contributed by atoms with Crippen LogP contribution < -0.4 is 20.4 Å². The summed E-state index contributed by atoms with van der Waals surface area (Å²) in [7, 11) is 0. The van der Waals surface area contributed by atoms with E-state index in [1.807, 2.05) is 53.9 Å². The summed E-state index contributed by atoms with van der Waals surface area (Å²) >= 11 is 7.98. The molecule has 6 rings (SSSR count). The summed E-state index contributed by atoms with van der Waals surface area (Å²) in [5.41, 5.74) is 3.99. The molecule has 0 unspecified atom stereocenters. The van der Waals surface area contributed by atoms with Gasteiger partial charge in [0.25, 0.3) is 0 Å². The van der Waals surface area contributed by atoms with Crippen LogP contribution in [0.1, 0.15) is 0 Å². The van der Waals surface area contributed by atoms with E-state index >= 15 is 0 Å². The van der Waals surface area contributed by atoms with Crippen LogP contribution in [0.3, 0.4) is 0 Å². The molecule has 2 aromatic carbocycles. The number of halogens is 1. The molecule has 0 saturated carbocycles. The molecule has 40 heavy (non-hydrogen) atoms. The maximum Gasteiger partial charge on any atom is 0.323 e. The van der Waals surface area contributed by atoms with Crippen LogP contribution in [0.15, 0.2) is 66.0 Å². The predicted molar refractivity (Wildman–Crippen MR) is 161 cm³/mol. The zero-order chi connectivity index (χ0) is 27.3. The van der Waals surface area contributed by atoms with E-state index in [0.29, 0.717) is 48.8 Å². The van der Waals surface area contributed by atoms with Crippen LogP contribution >= 0.6 is 22.9 Å². The Bertz CT molecular complexity index is 1420. The molecule has 0 spiro atoms. The van der Waals surface area contributed by atoms with E-state index in [0.717, 1.165) is 53.7 Å². The van der Waals surface area contributed by atoms with Gasteiger partial charge in [-0.2, -0.15) is 4.98 Å². The van der Waals surface area contributed by atoms with Gasteiger partial charge in [0.1, 0.15) is 5.82 Å². The number of thiophene rings is 1. The minimum atomic E-state index is -0.335. The van der Waals surface area contributed by atoms with Crippen molar-refractivity contribution < 1.29 is 14.3 Å². The minimum absolute atomic E-state index is 0.335. The highest BCUT2D eigenvalue weighted by molar-refractivity contribution is 7.13. The third-order valence-corrected chi connectivity index (χ3v) is 8.01. The highest BCUT2D eigenvalue weighted by Gasteiger charge is 2.20. The van der Waals surface area contributed by atoms with Gasteiger partial charge in [-0.3, -0.25) is 0 Å². The molecule has 4 heterocycles. The quantitative estimate of drug-likeness (QED) is 0.298. The number of hydrogen-bond acceptors (Lipinski definition) is 8. The van der Waals surface area contributed by atoms with Crippen molar-refractivity contribution >= 4 is 52.1 Å². The van der Waals surface area contributed by atoms with Crippen LogP contribution in [-0.4, -0.2) is 68.6 Å². The number of rotatable bonds is 6. The van der Waals surface area contributed by atoms with E-state index < -0.39 is 0 Å². The standard InChI is InChI=1S/C29H29ClN6O3S/c30-24-8-7-22(18-23(24)26-2-1-17-40-26)32-29(37)31-21-5-3-20(4-6-21)25-19-27(35-9-13-38-14-10-35)34-28(33-25)36-11-15-39-16-12-36/h1-8,17-19H,9-16H2,(H2,31,32,37). The van der Waals surface area contributed by atoms with Gasteiger partial charge in [-0.15, -0.1) is 11.3 Å². The number of nitrogens with zero attached hydrogens (tertiary/aromatic N) is 4. The van der Waals surface area contributed by atoms with Gasteiger partial charge >= 0.3 is 6.03 Å². The molecule has 2 aliphatic heterocycles. The van der Waals surface area contributed by atoms with E-state index in [2.05, 4.69) is 20.4 Å². The van der Waals surface area contributed by atoms with Gasteiger partial charge in [-0.05, 0) is 41.8 Å². The fourth-order valence-electron chi connectivity index (χ4n) is 4.67. The van der Waals surface area contributed by atoms with Crippen LogP contribution in [0, 0.1) is 0 Å². The normalized spacial score (nSPS) is 15.6. The number of hydrogen-bond donors (Lipinski definition) is 2. The Morgan fingerprint density at radius 3 is 2.20 bits per heavy atom. The lowest BCUT2D eigenvalue weighted by Gasteiger charge is -2.31. The van der Waals surface area contributed by atoms with Crippen LogP contribution in [0.4, 0.5) is 27.9 Å². The Hall–Kier alpha value is -3.70. The first-order valence-electron chi connectivity index (χ1n) is 13.2. The lowest BCUT2D eigenvalue weighted by Crippen LogP contribution is -2.39. The smallest absolute Gasteiger partial charge is 0.323 e. The van der Waals surface area contributed by atoms with Gasteiger partial charge < -0.3 is 29.9 Å². The molecule has 4 aromatic rings. The van der Waals surface area contributed by atoms with E-state index in [4.69, 9.17) is 31.0 Å². The van der Waals surface area contributed by atoms with Crippen molar-refractivity contribution in [3.8, 4) is 21.7 Å². The van der Waals surface area contributed by atoms with E-state index in [-0.39, 0.29) is 6.03 Å². The lowest BCUT2D eigenvalue weighted by molar-refractivity contribution is 0.121. The number of nitrogens with one attached hydrogen (secondary N) is 2. The highest BCUT2D eigenvalue weighted by atomic mass is 35.5. The average Bonchev–Trinajstić information content (AvgIpc) is 3.54. The van der Waals surface area contributed by atoms with Crippen molar-refractivity contribution in [2.75, 3.05) is 73.0 Å². The fraction of sp³-hybridized carbons (Fsp3) is 0.276. The third-order valence-electron chi connectivity index (χ3n) is 6.78. The summed E-state index contributed by atoms with van der Waals surface area (Å²) in [6, 6.07) is 18.8. The molecule has 2 aromatic heterocycles. The largest absolute Gasteiger partial charge is 0.378 e. The van der Waals surface area contributed by atoms with Gasteiger partial charge in [0.05, 0.1) is 32.1 Å². The molecule has 2 fully saturated rings. The number of anilines is 4. The van der Waals surface area contributed by atoms with Crippen molar-refractivity contribution in [2.24, 2.45) is 0 Å². The molecule has 9 nitrogen and oxygen atoms in total. The van der Waals surface area contributed by atoms with Crippen molar-refractivity contribution in [2.45, 2.75) is 0 Å². The molecule has 11 heteroatoms. The second-order valence-corrected chi connectivity index (χ2v) is 10.8. The monoisotopic (exact) mass is 576 g/mol. The maximum atomic E-state index is 12.8. The lowest BCUT2D eigenvalue weighted by atomic mass is 10.1. The summed E-state index contributed by atoms with van der Waals surface area (Å²) in [6.45, 7) is 5.78. The number of amides is 2. The Balaban J connectivity index is 1.18. The molecule has 0 radical (unpaired) electrons. The molecule has 0 aliphatic carbocycles. The molecular weight excluding hydrogens is 548 g/mol. The summed E-state index contributed by atoms with van der Waals surface area (Å²) in [5.74, 6) is 1.59. The average molecular weight is 577 g/mol. The molecule has 206 valence electrons. The summed E-state index contributed by atoms with van der Waals surface area (Å²) < 4.78 is 11.1. The third kappa shape index (κ3) is 6.20. The fourth-order valence-corrected chi connectivity index (χ4v) is 5.70. The molecule has 0 bridgehead atoms. The number of aromatic nitrogens is 2. The first kappa shape index (κ1) is 26.5. The minimum Gasteiger partial charge on any atom is -0.378 e. The van der Waals surface area contributed by atoms with Crippen LogP contribution in [0.25, 0.3) is 21.7 Å². The van der Waals surface area contributed by atoms with Gasteiger partial charge in [0.15, 0.2) is 0 Å². The summed E-state index contributed by atoms with van der Waals surface area (Å²) in [6.07, 6.45) is 0. The first-order chi connectivity index (χ1) is 19.6. The molecular formula is C29H29ClN6O3S. The van der Waals surface area contributed by atoms with Crippen molar-refractivity contribution in [3.05, 3.63) is 71.1 Å². The predicted octanol–water partition coefficient (Wildman–Crippen LogP) is 5.84. The molecule has 0 atom stereocenters. The number of carbonyl (C=O) groups is 1. The highest BCUT2D eigenvalue weighted by Crippen LogP contribution is 2.33. The van der Waals surface area contributed by atoms with Crippen molar-refractivity contribution in [1.82, 2.24) is 9.97 Å². The van der Waals surface area contributed by atoms with E-state index in [9.17, 15) is 4.79 Å². The van der Waals surface area contributed by atoms with Crippen LogP contribution in [0.2, 0.25) is 5.02 Å². The van der Waals surface area contributed by atoms with Gasteiger partial charge in [-0.1, -0.05) is 29.8 Å². The maximum absolute atomic E-state index is 12.8. The number of ether oxygens (including phenoxy) is 2. The second kappa shape index (κ2) is 12.2. The van der Waals surface area contributed by atoms with Crippen LogP contribution in [0.5, 0.6) is 0 Å². The van der Waals surface area contributed by atoms with Gasteiger partial charge in [-0.25, -0.2) is 9.78 Å². The second-order valence-electron chi connectivity index (χ2n) is 9.44. The first-order valence-corrected chi connectivity index (χ1v) is 14.4. The molecule has 2 amide bonds. The SMILES string of the molecule is O=C(Nc1ccc(-c2cc(N3CCOCC3)nc(N3CCOCC3)n2)cc1)Nc1ccc(Cl)c(-c2cccs2)c1. The molecule has 2 aliphatic rings. The number of carbonyl (C=O) groups excluding carboxylic acids is 1. The van der Waals surface area contributed by atoms with Crippen molar-refractivity contribution in [3.63, 3.8) is 0 Å². The summed E-state index contributed by atoms with van der Waals surface area (Å²) in [5, 5.41) is 8.44. The Labute approximate surface area is 241 Å². The van der Waals surface area contributed by atoms with E-state index in [1.165, 1.54) is 0 Å². The topological polar surface area (TPSA) is 91.9 Å². The van der Waals surface area contributed by atoms with Crippen molar-refractivity contribution in [1.29, 1.82) is 0 Å². The number of morpholine rings is 2. The van der Waals surface area contributed by atoms with Gasteiger partial charge in [0.2, 0.25) is 5.95 Å². The Kier molecular flexibility index (Phi) is 8.10. The summed E-state index contributed by atoms with van der Waals surface area (Å²) in [4.78, 5) is 28.0. The Morgan fingerprint density at radius 1 is 0.825 bits per heavy atom. The molecule has 2 N–H and O–H groups in total.